The molecule has 10 heteroatoms. The van der Waals surface area contributed by atoms with E-state index in [0.717, 1.165) is 25.4 Å². The van der Waals surface area contributed by atoms with Crippen LogP contribution in [0.25, 0.3) is 0 Å². The molecule has 2 aliphatic heterocycles. The number of hydrogen-bond acceptors (Lipinski definition) is 5. The number of ether oxygens (including phenoxy) is 1. The summed E-state index contributed by atoms with van der Waals surface area (Å²) >= 11 is -0.178. The van der Waals surface area contributed by atoms with Crippen molar-refractivity contribution in [3.8, 4) is 11.8 Å². The Morgan fingerprint density at radius 1 is 1.06 bits per heavy atom. The molecule has 2 aromatic carbocycles. The molecule has 2 unspecified atom stereocenters. The first kappa shape index (κ1) is 23.3. The normalized spacial score (nSPS) is 20.4. The molecule has 174 valence electrons. The lowest BCUT2D eigenvalue weighted by molar-refractivity contribution is -0.0328. The van der Waals surface area contributed by atoms with Crippen LogP contribution in [0.1, 0.15) is 5.56 Å². The fourth-order valence-corrected chi connectivity index (χ4v) is 4.84. The van der Waals surface area contributed by atoms with Gasteiger partial charge in [-0.1, -0.05) is 0 Å². The number of carbonyl (C=O) groups is 1. The molecule has 2 aliphatic rings. The molecule has 4 rings (SSSR count). The Morgan fingerprint density at radius 3 is 2.27 bits per heavy atom. The molecule has 0 spiro atoms. The first-order chi connectivity index (χ1) is 15.8. The molecular formula is C23H23F3N4O2S. The van der Waals surface area contributed by atoms with Crippen LogP contribution >= 0.6 is 11.8 Å². The maximum absolute atomic E-state index is 12.6. The van der Waals surface area contributed by atoms with Crippen LogP contribution in [0.3, 0.4) is 0 Å². The first-order valence-electron chi connectivity index (χ1n) is 10.6. The van der Waals surface area contributed by atoms with Crippen molar-refractivity contribution in [3.63, 3.8) is 0 Å². The lowest BCUT2D eigenvalue weighted by Gasteiger charge is -2.22. The molecule has 2 fully saturated rings. The van der Waals surface area contributed by atoms with E-state index in [1.54, 1.807) is 29.2 Å². The molecule has 2 heterocycles. The summed E-state index contributed by atoms with van der Waals surface area (Å²) in [7, 11) is 0. The minimum atomic E-state index is -4.33. The highest BCUT2D eigenvalue weighted by Crippen LogP contribution is 2.37. The van der Waals surface area contributed by atoms with Gasteiger partial charge in [-0.3, -0.25) is 4.90 Å². The van der Waals surface area contributed by atoms with Gasteiger partial charge in [0.15, 0.2) is 0 Å². The van der Waals surface area contributed by atoms with Crippen LogP contribution < -0.4 is 10.1 Å². The maximum Gasteiger partial charge on any atom is 0.446 e. The fraction of sp³-hybridized carbons (Fsp3) is 0.391. The highest BCUT2D eigenvalue weighted by atomic mass is 32.2. The zero-order valence-electron chi connectivity index (χ0n) is 17.7. The number of thioether (sulfide) groups is 1. The van der Waals surface area contributed by atoms with E-state index in [1.165, 1.54) is 24.3 Å². The van der Waals surface area contributed by atoms with Crippen molar-refractivity contribution in [2.45, 2.75) is 10.4 Å². The van der Waals surface area contributed by atoms with Gasteiger partial charge < -0.3 is 15.0 Å². The minimum absolute atomic E-state index is 0.0828. The van der Waals surface area contributed by atoms with Crippen LogP contribution in [-0.4, -0.2) is 60.7 Å². The van der Waals surface area contributed by atoms with Crippen LogP contribution in [0, 0.1) is 23.2 Å². The summed E-state index contributed by atoms with van der Waals surface area (Å²) in [5.41, 5.74) is -3.26. The number of nitrogens with one attached hydrogen (secondary N) is 1. The van der Waals surface area contributed by atoms with Gasteiger partial charge in [-0.25, -0.2) is 4.79 Å². The molecule has 6 nitrogen and oxygen atoms in total. The maximum atomic E-state index is 12.6. The monoisotopic (exact) mass is 476 g/mol. The van der Waals surface area contributed by atoms with E-state index < -0.39 is 5.51 Å². The standard InChI is InChI=1S/C23H23F3N4O2S/c24-23(25,26)33-21-7-3-19(4-8-21)28-22(31)30-14-17-12-29(13-18(17)15-30)9-10-32-20-5-1-16(11-27)2-6-20/h1-8,17-18H,9-10,12-15H2,(H,28,31). The number of hydrogen-bond donors (Lipinski definition) is 1. The van der Waals surface area contributed by atoms with Crippen LogP contribution in [0.4, 0.5) is 23.7 Å². The van der Waals surface area contributed by atoms with E-state index in [9.17, 15) is 18.0 Å². The Bertz CT molecular complexity index is 994. The number of benzene rings is 2. The predicted octanol–water partition coefficient (Wildman–Crippen LogP) is 4.64. The lowest BCUT2D eigenvalue weighted by Crippen LogP contribution is -2.36. The lowest BCUT2D eigenvalue weighted by atomic mass is 10.0. The second-order valence-corrected chi connectivity index (χ2v) is 9.31. The Hall–Kier alpha value is -2.90. The van der Waals surface area contributed by atoms with Gasteiger partial charge in [0, 0.05) is 43.3 Å². The largest absolute Gasteiger partial charge is 0.492 e. The fourth-order valence-electron chi connectivity index (χ4n) is 4.30. The summed E-state index contributed by atoms with van der Waals surface area (Å²) in [6.07, 6.45) is 0. The molecule has 33 heavy (non-hydrogen) atoms. The number of nitrogens with zero attached hydrogens (tertiary/aromatic N) is 3. The second kappa shape index (κ2) is 9.93. The molecule has 0 aromatic heterocycles. The van der Waals surface area contributed by atoms with E-state index in [1.807, 2.05) is 0 Å². The van der Waals surface area contributed by atoms with Gasteiger partial charge in [-0.05, 0) is 72.1 Å². The number of likely N-dealkylation sites (tertiary alicyclic amines) is 2. The third-order valence-electron chi connectivity index (χ3n) is 5.85. The third kappa shape index (κ3) is 6.33. The van der Waals surface area contributed by atoms with Gasteiger partial charge in [-0.15, -0.1) is 0 Å². The van der Waals surface area contributed by atoms with Crippen molar-refractivity contribution in [2.24, 2.45) is 11.8 Å². The van der Waals surface area contributed by atoms with Crippen molar-refractivity contribution in [1.29, 1.82) is 5.26 Å². The van der Waals surface area contributed by atoms with Gasteiger partial charge in [0.25, 0.3) is 0 Å². The van der Waals surface area contributed by atoms with Gasteiger partial charge in [-0.2, -0.15) is 18.4 Å². The summed E-state index contributed by atoms with van der Waals surface area (Å²) in [6, 6.07) is 14.6. The van der Waals surface area contributed by atoms with Crippen molar-refractivity contribution in [1.82, 2.24) is 9.80 Å². The molecular weight excluding hydrogens is 453 g/mol. The van der Waals surface area contributed by atoms with Crippen LogP contribution in [-0.2, 0) is 0 Å². The first-order valence-corrected chi connectivity index (χ1v) is 11.4. The zero-order valence-corrected chi connectivity index (χ0v) is 18.5. The van der Waals surface area contributed by atoms with Crippen LogP contribution in [0.2, 0.25) is 0 Å². The summed E-state index contributed by atoms with van der Waals surface area (Å²) in [4.78, 5) is 16.8. The van der Waals surface area contributed by atoms with Gasteiger partial charge >= 0.3 is 11.5 Å². The summed E-state index contributed by atoms with van der Waals surface area (Å²) < 4.78 is 43.1. The molecule has 1 N–H and O–H groups in total. The Labute approximate surface area is 194 Å². The number of nitriles is 1. The molecule has 0 aliphatic carbocycles. The molecule has 0 bridgehead atoms. The average molecular weight is 477 g/mol. The zero-order chi connectivity index (χ0) is 23.4. The number of alkyl halides is 3. The van der Waals surface area contributed by atoms with Gasteiger partial charge in [0.2, 0.25) is 0 Å². The van der Waals surface area contributed by atoms with Crippen molar-refractivity contribution in [2.75, 3.05) is 44.6 Å². The van der Waals surface area contributed by atoms with Crippen LogP contribution in [0.15, 0.2) is 53.4 Å². The Balaban J connectivity index is 1.19. The van der Waals surface area contributed by atoms with Crippen molar-refractivity contribution >= 4 is 23.5 Å². The number of urea groups is 1. The van der Waals surface area contributed by atoms with Crippen molar-refractivity contribution < 1.29 is 22.7 Å². The van der Waals surface area contributed by atoms with Gasteiger partial charge in [0.1, 0.15) is 12.4 Å². The number of carbonyl (C=O) groups excluding carboxylic acids is 1. The Kier molecular flexibility index (Phi) is 7.00. The smallest absolute Gasteiger partial charge is 0.446 e. The van der Waals surface area contributed by atoms with Gasteiger partial charge in [0.05, 0.1) is 11.6 Å². The molecule has 2 amide bonds. The molecule has 2 saturated heterocycles. The Morgan fingerprint density at radius 2 is 1.70 bits per heavy atom. The summed E-state index contributed by atoms with van der Waals surface area (Å²) in [6.45, 7) is 4.46. The predicted molar refractivity (Wildman–Crippen MR) is 119 cm³/mol. The number of fused-ring (bicyclic) bond motifs is 1. The van der Waals surface area contributed by atoms with E-state index in [2.05, 4.69) is 16.3 Å². The third-order valence-corrected chi connectivity index (χ3v) is 6.59. The topological polar surface area (TPSA) is 68.6 Å². The minimum Gasteiger partial charge on any atom is -0.492 e. The quantitative estimate of drug-likeness (QED) is 0.615. The second-order valence-electron chi connectivity index (χ2n) is 8.17. The van der Waals surface area contributed by atoms with E-state index in [-0.39, 0.29) is 22.7 Å². The van der Waals surface area contributed by atoms with E-state index >= 15 is 0 Å². The highest BCUT2D eigenvalue weighted by Gasteiger charge is 2.41. The molecule has 2 aromatic rings. The van der Waals surface area contributed by atoms with E-state index in [0.29, 0.717) is 42.8 Å². The average Bonchev–Trinajstić information content (AvgIpc) is 3.34. The summed E-state index contributed by atoms with van der Waals surface area (Å²) in [5, 5.41) is 11.6. The number of amides is 2. The SMILES string of the molecule is N#Cc1ccc(OCCN2CC3CN(C(=O)Nc4ccc(SC(F)(F)F)cc4)CC3C2)cc1. The number of rotatable bonds is 6. The molecule has 0 radical (unpaired) electrons. The summed E-state index contributed by atoms with van der Waals surface area (Å²) in [5.74, 6) is 1.54. The van der Waals surface area contributed by atoms with E-state index in [4.69, 9.17) is 10.00 Å². The van der Waals surface area contributed by atoms with Crippen LogP contribution in [0.5, 0.6) is 5.75 Å². The van der Waals surface area contributed by atoms with Crippen molar-refractivity contribution in [3.05, 3.63) is 54.1 Å². The number of anilines is 1. The molecule has 0 saturated carbocycles. The number of halogens is 3. The molecule has 2 atom stereocenters. The highest BCUT2D eigenvalue weighted by molar-refractivity contribution is 8.00.